The summed E-state index contributed by atoms with van der Waals surface area (Å²) >= 11 is 0. The topological polar surface area (TPSA) is 3.24 Å². The van der Waals surface area contributed by atoms with E-state index in [2.05, 4.69) is 18.7 Å². The van der Waals surface area contributed by atoms with E-state index >= 15 is 0 Å². The Labute approximate surface area is 113 Å². The molecule has 0 aliphatic carbocycles. The van der Waals surface area contributed by atoms with Gasteiger partial charge >= 0.3 is 6.18 Å². The van der Waals surface area contributed by atoms with Gasteiger partial charge in [-0.2, -0.15) is 13.2 Å². The van der Waals surface area contributed by atoms with E-state index in [1.54, 1.807) is 12.1 Å². The van der Waals surface area contributed by atoms with Gasteiger partial charge < -0.3 is 4.90 Å². The van der Waals surface area contributed by atoms with Crippen molar-refractivity contribution < 1.29 is 13.2 Å². The van der Waals surface area contributed by atoms with Crippen LogP contribution in [0.2, 0.25) is 0 Å². The number of halogens is 3. The first-order valence-corrected chi connectivity index (χ1v) is 6.91. The van der Waals surface area contributed by atoms with Gasteiger partial charge in [0.05, 0.1) is 5.56 Å². The Morgan fingerprint density at radius 2 is 1.37 bits per heavy atom. The second-order valence-electron chi connectivity index (χ2n) is 4.74. The molecule has 0 aliphatic heterocycles. The zero-order valence-electron chi connectivity index (χ0n) is 11.6. The Kier molecular flexibility index (Phi) is 6.19. The highest BCUT2D eigenvalue weighted by Crippen LogP contribution is 2.30. The van der Waals surface area contributed by atoms with Gasteiger partial charge in [0.15, 0.2) is 0 Å². The second-order valence-corrected chi connectivity index (χ2v) is 4.74. The van der Waals surface area contributed by atoms with Gasteiger partial charge in [-0.05, 0) is 37.1 Å². The smallest absolute Gasteiger partial charge is 0.372 e. The van der Waals surface area contributed by atoms with Crippen molar-refractivity contribution in [2.45, 2.75) is 45.7 Å². The van der Waals surface area contributed by atoms with Crippen molar-refractivity contribution in [3.8, 4) is 0 Å². The Morgan fingerprint density at radius 1 is 0.895 bits per heavy atom. The van der Waals surface area contributed by atoms with Crippen LogP contribution in [0.25, 0.3) is 0 Å². The molecule has 0 unspecified atom stereocenters. The molecule has 0 aliphatic rings. The van der Waals surface area contributed by atoms with Crippen molar-refractivity contribution in [3.63, 3.8) is 0 Å². The van der Waals surface area contributed by atoms with E-state index < -0.39 is 11.7 Å². The van der Waals surface area contributed by atoms with E-state index in [0.717, 1.165) is 44.5 Å². The monoisotopic (exact) mass is 273 g/mol. The number of rotatable bonds is 7. The molecule has 1 rings (SSSR count). The van der Waals surface area contributed by atoms with Crippen LogP contribution in [0.5, 0.6) is 0 Å². The van der Waals surface area contributed by atoms with Gasteiger partial charge in [-0.15, -0.1) is 0 Å². The van der Waals surface area contributed by atoms with Gasteiger partial charge in [-0.25, -0.2) is 0 Å². The molecule has 1 aromatic carbocycles. The molecule has 0 aromatic heterocycles. The average molecular weight is 273 g/mol. The standard InChI is InChI=1S/C15H22F3N/c1-3-5-11-19(12-6-4-2)14-9-7-13(8-10-14)15(16,17)18/h7-10H,3-6,11-12H2,1-2H3. The van der Waals surface area contributed by atoms with Crippen molar-refractivity contribution >= 4 is 5.69 Å². The van der Waals surface area contributed by atoms with Crippen molar-refractivity contribution in [1.29, 1.82) is 0 Å². The van der Waals surface area contributed by atoms with Crippen LogP contribution in [0, 0.1) is 0 Å². The number of hydrogen-bond acceptors (Lipinski definition) is 1. The van der Waals surface area contributed by atoms with Gasteiger partial charge in [0.1, 0.15) is 0 Å². The highest BCUT2D eigenvalue weighted by atomic mass is 19.4. The van der Waals surface area contributed by atoms with Crippen LogP contribution in [0.4, 0.5) is 18.9 Å². The number of nitrogens with zero attached hydrogens (tertiary/aromatic N) is 1. The molecule has 0 amide bonds. The molecule has 0 fully saturated rings. The molecule has 0 N–H and O–H groups in total. The van der Waals surface area contributed by atoms with E-state index in [1.807, 2.05) is 0 Å². The molecule has 0 saturated heterocycles. The number of alkyl halides is 3. The minimum Gasteiger partial charge on any atom is -0.372 e. The minimum atomic E-state index is -4.25. The van der Waals surface area contributed by atoms with Gasteiger partial charge in [0, 0.05) is 18.8 Å². The van der Waals surface area contributed by atoms with E-state index in [0.29, 0.717) is 0 Å². The number of hydrogen-bond donors (Lipinski definition) is 0. The molecule has 108 valence electrons. The lowest BCUT2D eigenvalue weighted by atomic mass is 10.1. The van der Waals surface area contributed by atoms with Crippen LogP contribution in [0.1, 0.15) is 45.1 Å². The Bertz CT molecular complexity index is 349. The van der Waals surface area contributed by atoms with Crippen LogP contribution in [0.3, 0.4) is 0 Å². The van der Waals surface area contributed by atoms with Crippen molar-refractivity contribution in [2.75, 3.05) is 18.0 Å². The fourth-order valence-corrected chi connectivity index (χ4v) is 1.93. The third-order valence-corrected chi connectivity index (χ3v) is 3.12. The van der Waals surface area contributed by atoms with E-state index in [9.17, 15) is 13.2 Å². The maximum atomic E-state index is 12.5. The minimum absolute atomic E-state index is 0.581. The highest BCUT2D eigenvalue weighted by molar-refractivity contribution is 5.48. The van der Waals surface area contributed by atoms with Crippen LogP contribution in [-0.2, 0) is 6.18 Å². The fraction of sp³-hybridized carbons (Fsp3) is 0.600. The molecule has 1 aromatic rings. The summed E-state index contributed by atoms with van der Waals surface area (Å²) < 4.78 is 37.5. The molecule has 0 heterocycles. The van der Waals surface area contributed by atoms with Crippen molar-refractivity contribution in [3.05, 3.63) is 29.8 Å². The predicted molar refractivity (Wildman–Crippen MR) is 73.5 cm³/mol. The molecule has 0 spiro atoms. The van der Waals surface area contributed by atoms with Gasteiger partial charge in [0.25, 0.3) is 0 Å². The summed E-state index contributed by atoms with van der Waals surface area (Å²) in [6.07, 6.45) is 0.0399. The summed E-state index contributed by atoms with van der Waals surface area (Å²) in [4.78, 5) is 2.17. The zero-order chi connectivity index (χ0) is 14.3. The van der Waals surface area contributed by atoms with Gasteiger partial charge in [-0.1, -0.05) is 26.7 Å². The predicted octanol–water partition coefficient (Wildman–Crippen LogP) is 5.11. The molecular weight excluding hydrogens is 251 g/mol. The van der Waals surface area contributed by atoms with E-state index in [1.165, 1.54) is 12.1 Å². The number of anilines is 1. The zero-order valence-corrected chi connectivity index (χ0v) is 11.6. The van der Waals surface area contributed by atoms with Crippen LogP contribution < -0.4 is 4.90 Å². The molecule has 0 bridgehead atoms. The number of benzene rings is 1. The summed E-state index contributed by atoms with van der Waals surface area (Å²) in [5.74, 6) is 0. The molecule has 4 heteroatoms. The lowest BCUT2D eigenvalue weighted by Crippen LogP contribution is -2.25. The van der Waals surface area contributed by atoms with Crippen molar-refractivity contribution in [1.82, 2.24) is 0 Å². The van der Waals surface area contributed by atoms with Gasteiger partial charge in [0.2, 0.25) is 0 Å². The lowest BCUT2D eigenvalue weighted by Gasteiger charge is -2.25. The lowest BCUT2D eigenvalue weighted by molar-refractivity contribution is -0.137. The first-order chi connectivity index (χ1) is 8.99. The summed E-state index contributed by atoms with van der Waals surface area (Å²) in [5.41, 5.74) is 0.303. The number of unbranched alkanes of at least 4 members (excludes halogenated alkanes) is 2. The molecule has 0 radical (unpaired) electrons. The third-order valence-electron chi connectivity index (χ3n) is 3.12. The fourth-order valence-electron chi connectivity index (χ4n) is 1.93. The first-order valence-electron chi connectivity index (χ1n) is 6.91. The summed E-state index contributed by atoms with van der Waals surface area (Å²) in [5, 5.41) is 0. The Hall–Kier alpha value is -1.19. The van der Waals surface area contributed by atoms with Crippen LogP contribution in [-0.4, -0.2) is 13.1 Å². The molecule has 0 atom stereocenters. The Morgan fingerprint density at radius 3 is 1.74 bits per heavy atom. The second kappa shape index (κ2) is 7.41. The largest absolute Gasteiger partial charge is 0.416 e. The molecule has 0 saturated carbocycles. The van der Waals surface area contributed by atoms with Gasteiger partial charge in [-0.3, -0.25) is 0 Å². The van der Waals surface area contributed by atoms with E-state index in [4.69, 9.17) is 0 Å². The first kappa shape index (κ1) is 15.9. The normalized spacial score (nSPS) is 11.6. The SMILES string of the molecule is CCCCN(CCCC)c1ccc(C(F)(F)F)cc1. The maximum absolute atomic E-state index is 12.5. The third kappa shape index (κ3) is 5.13. The summed E-state index contributed by atoms with van der Waals surface area (Å²) in [7, 11) is 0. The van der Waals surface area contributed by atoms with E-state index in [-0.39, 0.29) is 0 Å². The van der Waals surface area contributed by atoms with Crippen LogP contribution in [0.15, 0.2) is 24.3 Å². The quantitative estimate of drug-likeness (QED) is 0.667. The van der Waals surface area contributed by atoms with Crippen molar-refractivity contribution in [2.24, 2.45) is 0 Å². The summed E-state index contributed by atoms with van der Waals surface area (Å²) in [6.45, 7) is 6.04. The molecular formula is C15H22F3N. The Balaban J connectivity index is 2.78. The molecule has 19 heavy (non-hydrogen) atoms. The van der Waals surface area contributed by atoms with Crippen LogP contribution >= 0.6 is 0 Å². The maximum Gasteiger partial charge on any atom is 0.416 e. The average Bonchev–Trinajstić information content (AvgIpc) is 2.38. The molecule has 1 nitrogen and oxygen atoms in total. The highest BCUT2D eigenvalue weighted by Gasteiger charge is 2.30. The summed E-state index contributed by atoms with van der Waals surface area (Å²) in [6, 6.07) is 5.49.